The van der Waals surface area contributed by atoms with E-state index in [0.29, 0.717) is 30.2 Å². The Balaban J connectivity index is 1.94. The Hall–Kier alpha value is -2.83. The third-order valence-corrected chi connectivity index (χ3v) is 4.15. The Morgan fingerprint density at radius 1 is 1.25 bits per heavy atom. The van der Waals surface area contributed by atoms with Crippen LogP contribution in [0.5, 0.6) is 0 Å². The van der Waals surface area contributed by atoms with Crippen LogP contribution < -0.4 is 0 Å². The van der Waals surface area contributed by atoms with Crippen LogP contribution in [-0.2, 0) is 4.79 Å². The third kappa shape index (κ3) is 3.24. The van der Waals surface area contributed by atoms with E-state index in [1.54, 1.807) is 24.1 Å². The largest absolute Gasteiger partial charge is 0.478 e. The average Bonchev–Trinajstić information content (AvgIpc) is 3.05. The van der Waals surface area contributed by atoms with Gasteiger partial charge in [0.2, 0.25) is 5.91 Å². The number of carbonyl (C=O) groups excluding carboxylic acids is 1. The van der Waals surface area contributed by atoms with Crippen molar-refractivity contribution in [3.63, 3.8) is 0 Å². The van der Waals surface area contributed by atoms with Gasteiger partial charge in [-0.15, -0.1) is 0 Å². The maximum absolute atomic E-state index is 11.5. The molecule has 0 radical (unpaired) electrons. The van der Waals surface area contributed by atoms with E-state index in [2.05, 4.69) is 15.0 Å². The molecule has 3 heterocycles. The number of amides is 1. The maximum Gasteiger partial charge on any atom is 0.337 e. The number of likely N-dealkylation sites (tertiary alicyclic amines) is 1. The topological polar surface area (TPSA) is 96.3 Å². The zero-order chi connectivity index (χ0) is 17.3. The summed E-state index contributed by atoms with van der Waals surface area (Å²) in [7, 11) is 0. The normalized spacial score (nSPS) is 17.1. The molecule has 1 N–H and O–H groups in total. The molecular formula is C17H18N4O3. The van der Waals surface area contributed by atoms with Gasteiger partial charge in [0.15, 0.2) is 0 Å². The molecule has 2 aromatic heterocycles. The number of carboxylic acids is 1. The number of aromatic nitrogens is 3. The summed E-state index contributed by atoms with van der Waals surface area (Å²) in [5, 5.41) is 9.11. The van der Waals surface area contributed by atoms with Crippen LogP contribution in [0.4, 0.5) is 0 Å². The van der Waals surface area contributed by atoms with Crippen molar-refractivity contribution in [2.24, 2.45) is 0 Å². The molecule has 1 fully saturated rings. The molecule has 0 spiro atoms. The second-order valence-corrected chi connectivity index (χ2v) is 5.97. The molecule has 0 aliphatic carbocycles. The van der Waals surface area contributed by atoms with Crippen molar-refractivity contribution in [3.05, 3.63) is 41.6 Å². The van der Waals surface area contributed by atoms with E-state index in [4.69, 9.17) is 5.11 Å². The monoisotopic (exact) mass is 326 g/mol. The standard InChI is InChI=1S/C17H18N4O3/c1-10-5-15(13-6-14(17(23)24)8-18-7-13)20-16(19-10)12-3-4-21(9-12)11(2)22/h5-8,12H,3-4,9H2,1-2H3,(H,23,24)/t12-/m0/s1. The van der Waals surface area contributed by atoms with E-state index >= 15 is 0 Å². The van der Waals surface area contributed by atoms with Crippen LogP contribution in [0.2, 0.25) is 0 Å². The van der Waals surface area contributed by atoms with Crippen molar-refractivity contribution < 1.29 is 14.7 Å². The summed E-state index contributed by atoms with van der Waals surface area (Å²) in [6.07, 6.45) is 3.73. The van der Waals surface area contributed by atoms with E-state index in [9.17, 15) is 9.59 Å². The minimum absolute atomic E-state index is 0.0590. The number of hydrogen-bond donors (Lipinski definition) is 1. The molecule has 1 amide bonds. The molecule has 1 aliphatic heterocycles. The smallest absolute Gasteiger partial charge is 0.337 e. The lowest BCUT2D eigenvalue weighted by molar-refractivity contribution is -0.127. The van der Waals surface area contributed by atoms with E-state index in [-0.39, 0.29) is 17.4 Å². The summed E-state index contributed by atoms with van der Waals surface area (Å²) >= 11 is 0. The van der Waals surface area contributed by atoms with Crippen molar-refractivity contribution in [2.75, 3.05) is 13.1 Å². The van der Waals surface area contributed by atoms with Gasteiger partial charge in [-0.05, 0) is 25.5 Å². The van der Waals surface area contributed by atoms with Crippen LogP contribution in [0.3, 0.4) is 0 Å². The van der Waals surface area contributed by atoms with Gasteiger partial charge >= 0.3 is 5.97 Å². The van der Waals surface area contributed by atoms with Gasteiger partial charge in [0.1, 0.15) is 5.82 Å². The second-order valence-electron chi connectivity index (χ2n) is 5.97. The summed E-state index contributed by atoms with van der Waals surface area (Å²) < 4.78 is 0. The first-order chi connectivity index (χ1) is 11.4. The first-order valence-corrected chi connectivity index (χ1v) is 7.74. The van der Waals surface area contributed by atoms with Crippen molar-refractivity contribution in [2.45, 2.75) is 26.2 Å². The van der Waals surface area contributed by atoms with E-state index in [1.807, 2.05) is 13.0 Å². The molecule has 0 bridgehead atoms. The van der Waals surface area contributed by atoms with Gasteiger partial charge in [-0.25, -0.2) is 14.8 Å². The highest BCUT2D eigenvalue weighted by molar-refractivity contribution is 5.88. The quantitative estimate of drug-likeness (QED) is 0.925. The Labute approximate surface area is 139 Å². The Kier molecular flexibility index (Phi) is 4.24. The lowest BCUT2D eigenvalue weighted by Gasteiger charge is -2.14. The van der Waals surface area contributed by atoms with E-state index in [1.165, 1.54) is 6.20 Å². The number of carbonyl (C=O) groups is 2. The van der Waals surface area contributed by atoms with Crippen molar-refractivity contribution in [1.82, 2.24) is 19.9 Å². The Morgan fingerprint density at radius 2 is 2.04 bits per heavy atom. The first-order valence-electron chi connectivity index (χ1n) is 7.74. The minimum Gasteiger partial charge on any atom is -0.478 e. The van der Waals surface area contributed by atoms with Gasteiger partial charge in [0.25, 0.3) is 0 Å². The fourth-order valence-corrected chi connectivity index (χ4v) is 2.88. The van der Waals surface area contributed by atoms with Crippen molar-refractivity contribution >= 4 is 11.9 Å². The Morgan fingerprint density at radius 3 is 2.71 bits per heavy atom. The molecule has 124 valence electrons. The third-order valence-electron chi connectivity index (χ3n) is 4.15. The van der Waals surface area contributed by atoms with Gasteiger partial charge < -0.3 is 10.0 Å². The predicted octanol–water partition coefficient (Wildman–Crippen LogP) is 1.88. The molecule has 0 aromatic carbocycles. The second kappa shape index (κ2) is 6.35. The molecule has 2 aromatic rings. The first kappa shape index (κ1) is 16.0. The maximum atomic E-state index is 11.5. The minimum atomic E-state index is -1.02. The van der Waals surface area contributed by atoms with Crippen LogP contribution >= 0.6 is 0 Å². The number of pyridine rings is 1. The number of aryl methyl sites for hydroxylation is 1. The number of hydrogen-bond acceptors (Lipinski definition) is 5. The predicted molar refractivity (Wildman–Crippen MR) is 86.6 cm³/mol. The molecule has 1 aliphatic rings. The van der Waals surface area contributed by atoms with Crippen LogP contribution in [0.25, 0.3) is 11.3 Å². The molecule has 7 heteroatoms. The summed E-state index contributed by atoms with van der Waals surface area (Å²) in [4.78, 5) is 37.5. The van der Waals surface area contributed by atoms with Gasteiger partial charge in [-0.1, -0.05) is 0 Å². The Bertz CT molecular complexity index is 806. The zero-order valence-corrected chi connectivity index (χ0v) is 13.6. The molecule has 1 atom stereocenters. The van der Waals surface area contributed by atoms with Gasteiger partial charge in [-0.3, -0.25) is 9.78 Å². The van der Waals surface area contributed by atoms with Crippen molar-refractivity contribution in [1.29, 1.82) is 0 Å². The average molecular weight is 326 g/mol. The summed E-state index contributed by atoms with van der Waals surface area (Å²) in [6.45, 7) is 4.77. The summed E-state index contributed by atoms with van der Waals surface area (Å²) in [5.74, 6) is -0.176. The highest BCUT2D eigenvalue weighted by atomic mass is 16.4. The molecule has 3 rings (SSSR count). The fraction of sp³-hybridized carbons (Fsp3) is 0.353. The molecule has 1 saturated heterocycles. The molecule has 7 nitrogen and oxygen atoms in total. The van der Waals surface area contributed by atoms with Crippen LogP contribution in [0, 0.1) is 6.92 Å². The summed E-state index contributed by atoms with van der Waals surface area (Å²) in [5.41, 5.74) is 2.21. The van der Waals surface area contributed by atoms with Crippen LogP contribution in [-0.4, -0.2) is 49.9 Å². The van der Waals surface area contributed by atoms with Crippen molar-refractivity contribution in [3.8, 4) is 11.3 Å². The van der Waals surface area contributed by atoms with E-state index < -0.39 is 5.97 Å². The molecule has 24 heavy (non-hydrogen) atoms. The van der Waals surface area contributed by atoms with E-state index in [0.717, 1.165) is 12.1 Å². The highest BCUT2D eigenvalue weighted by Crippen LogP contribution is 2.27. The van der Waals surface area contributed by atoms with Gasteiger partial charge in [0.05, 0.1) is 11.3 Å². The van der Waals surface area contributed by atoms with Crippen LogP contribution in [0.15, 0.2) is 24.5 Å². The van der Waals surface area contributed by atoms with Crippen LogP contribution in [0.1, 0.15) is 41.1 Å². The number of nitrogens with zero attached hydrogens (tertiary/aromatic N) is 4. The molecule has 0 unspecified atom stereocenters. The number of rotatable bonds is 3. The molecule has 0 saturated carbocycles. The SMILES string of the molecule is CC(=O)N1CC[C@H](c2nc(C)cc(-c3cncc(C(=O)O)c3)n2)C1. The van der Waals surface area contributed by atoms with Gasteiger partial charge in [-0.2, -0.15) is 0 Å². The lowest BCUT2D eigenvalue weighted by atomic mass is 10.1. The lowest BCUT2D eigenvalue weighted by Crippen LogP contribution is -2.25. The summed E-state index contributed by atoms with van der Waals surface area (Å²) in [6, 6.07) is 3.36. The number of carboxylic acid groups (broad SMARTS) is 1. The highest BCUT2D eigenvalue weighted by Gasteiger charge is 2.28. The fourth-order valence-electron chi connectivity index (χ4n) is 2.88. The number of aromatic carboxylic acids is 1. The zero-order valence-electron chi connectivity index (χ0n) is 13.6. The van der Waals surface area contributed by atoms with Gasteiger partial charge in [0, 0.05) is 49.6 Å². The molecular weight excluding hydrogens is 308 g/mol.